The van der Waals surface area contributed by atoms with E-state index < -0.39 is 0 Å². The molecule has 1 saturated heterocycles. The number of hydrogen-bond donors (Lipinski definition) is 1. The zero-order valence-electron chi connectivity index (χ0n) is 15.7. The molecule has 27 heavy (non-hydrogen) atoms. The molecule has 1 fully saturated rings. The zero-order chi connectivity index (χ0) is 19.1. The van der Waals surface area contributed by atoms with E-state index in [0.29, 0.717) is 23.6 Å². The Morgan fingerprint density at radius 2 is 2.00 bits per heavy atom. The molecule has 5 nitrogen and oxygen atoms in total. The van der Waals surface area contributed by atoms with Crippen LogP contribution in [0.3, 0.4) is 0 Å². The van der Waals surface area contributed by atoms with E-state index in [1.807, 2.05) is 42.5 Å². The summed E-state index contributed by atoms with van der Waals surface area (Å²) in [5.74, 6) is 2.11. The molecule has 0 saturated carbocycles. The second-order valence-electron chi connectivity index (χ2n) is 6.31. The van der Waals surface area contributed by atoms with Crippen LogP contribution in [-0.4, -0.2) is 38.6 Å². The van der Waals surface area contributed by atoms with Crippen LogP contribution < -0.4 is 14.8 Å². The van der Waals surface area contributed by atoms with Gasteiger partial charge in [-0.25, -0.2) is 0 Å². The van der Waals surface area contributed by atoms with Crippen molar-refractivity contribution >= 4 is 17.7 Å². The summed E-state index contributed by atoms with van der Waals surface area (Å²) in [5, 5.41) is 2.99. The summed E-state index contributed by atoms with van der Waals surface area (Å²) in [5.41, 5.74) is 1.64. The van der Waals surface area contributed by atoms with E-state index in [9.17, 15) is 4.79 Å². The van der Waals surface area contributed by atoms with E-state index in [-0.39, 0.29) is 12.0 Å². The molecule has 0 aromatic heterocycles. The van der Waals surface area contributed by atoms with Gasteiger partial charge in [-0.05, 0) is 42.7 Å². The lowest BCUT2D eigenvalue weighted by atomic mass is 10.1. The molecule has 1 aliphatic heterocycles. The molecule has 1 aliphatic rings. The number of benzene rings is 2. The Hall–Kier alpha value is -2.18. The Morgan fingerprint density at radius 1 is 1.19 bits per heavy atom. The van der Waals surface area contributed by atoms with Crippen molar-refractivity contribution in [1.29, 1.82) is 0 Å². The van der Waals surface area contributed by atoms with Gasteiger partial charge >= 0.3 is 0 Å². The largest absolute Gasteiger partial charge is 0.493 e. The van der Waals surface area contributed by atoms with Crippen molar-refractivity contribution in [2.75, 3.05) is 26.6 Å². The van der Waals surface area contributed by atoms with Crippen molar-refractivity contribution in [3.8, 4) is 11.5 Å². The fraction of sp³-hybridized carbons (Fsp3) is 0.381. The first-order valence-electron chi connectivity index (χ1n) is 9.04. The minimum Gasteiger partial charge on any atom is -0.493 e. The SMILES string of the molecule is COc1ccc(CNC(=O)c2ccccc2SC[C@@H]2CCCO2)cc1OC. The number of carbonyl (C=O) groups excluding carboxylic acids is 1. The molecule has 1 amide bonds. The molecule has 2 aromatic rings. The average molecular weight is 388 g/mol. The summed E-state index contributed by atoms with van der Waals surface area (Å²) in [7, 11) is 3.20. The number of amides is 1. The van der Waals surface area contributed by atoms with Crippen LogP contribution in [0.1, 0.15) is 28.8 Å². The van der Waals surface area contributed by atoms with Gasteiger partial charge in [0.25, 0.3) is 5.91 Å². The maximum Gasteiger partial charge on any atom is 0.252 e. The second-order valence-corrected chi connectivity index (χ2v) is 7.38. The topological polar surface area (TPSA) is 56.8 Å². The number of rotatable bonds is 8. The smallest absolute Gasteiger partial charge is 0.252 e. The molecule has 0 radical (unpaired) electrons. The summed E-state index contributed by atoms with van der Waals surface area (Å²) >= 11 is 1.68. The van der Waals surface area contributed by atoms with E-state index >= 15 is 0 Å². The molecule has 0 bridgehead atoms. The summed E-state index contributed by atoms with van der Waals surface area (Å²) in [4.78, 5) is 13.7. The molecular weight excluding hydrogens is 362 g/mol. The van der Waals surface area contributed by atoms with Gasteiger partial charge in [-0.2, -0.15) is 0 Å². The Bertz CT molecular complexity index is 775. The first-order chi connectivity index (χ1) is 13.2. The van der Waals surface area contributed by atoms with Crippen LogP contribution in [0.5, 0.6) is 11.5 Å². The molecule has 2 aromatic carbocycles. The molecule has 3 rings (SSSR count). The average Bonchev–Trinajstić information content (AvgIpc) is 3.24. The summed E-state index contributed by atoms with van der Waals surface area (Å²) in [6, 6.07) is 13.3. The third-order valence-electron chi connectivity index (χ3n) is 4.48. The monoisotopic (exact) mass is 387 g/mol. The summed E-state index contributed by atoms with van der Waals surface area (Å²) < 4.78 is 16.2. The Morgan fingerprint density at radius 3 is 2.74 bits per heavy atom. The minimum atomic E-state index is -0.0831. The van der Waals surface area contributed by atoms with Crippen LogP contribution in [0.25, 0.3) is 0 Å². The number of hydrogen-bond acceptors (Lipinski definition) is 5. The maximum atomic E-state index is 12.7. The first-order valence-corrected chi connectivity index (χ1v) is 10.0. The van der Waals surface area contributed by atoms with Crippen molar-refractivity contribution in [3.63, 3.8) is 0 Å². The van der Waals surface area contributed by atoms with Crippen molar-refractivity contribution in [2.24, 2.45) is 0 Å². The predicted molar refractivity (Wildman–Crippen MR) is 107 cm³/mol. The Kier molecular flexibility index (Phi) is 7.01. The Labute approximate surface area is 164 Å². The highest BCUT2D eigenvalue weighted by molar-refractivity contribution is 7.99. The lowest BCUT2D eigenvalue weighted by Gasteiger charge is -2.13. The summed E-state index contributed by atoms with van der Waals surface area (Å²) in [6.45, 7) is 1.27. The molecule has 144 valence electrons. The molecule has 0 unspecified atom stereocenters. The van der Waals surface area contributed by atoms with Gasteiger partial charge in [-0.3, -0.25) is 4.79 Å². The normalized spacial score (nSPS) is 16.1. The molecule has 1 N–H and O–H groups in total. The number of methoxy groups -OCH3 is 2. The third-order valence-corrected chi connectivity index (χ3v) is 5.69. The number of thioether (sulfide) groups is 1. The van der Waals surface area contributed by atoms with E-state index in [1.54, 1.807) is 26.0 Å². The van der Waals surface area contributed by atoms with Crippen LogP contribution in [0.15, 0.2) is 47.4 Å². The molecule has 1 heterocycles. The van der Waals surface area contributed by atoms with Gasteiger partial charge in [-0.1, -0.05) is 18.2 Å². The highest BCUT2D eigenvalue weighted by atomic mass is 32.2. The van der Waals surface area contributed by atoms with E-state index in [0.717, 1.165) is 35.7 Å². The van der Waals surface area contributed by atoms with E-state index in [2.05, 4.69) is 5.32 Å². The van der Waals surface area contributed by atoms with Crippen LogP contribution in [0.4, 0.5) is 0 Å². The molecular formula is C21H25NO4S. The number of nitrogens with one attached hydrogen (secondary N) is 1. The molecule has 6 heteroatoms. The van der Waals surface area contributed by atoms with Gasteiger partial charge < -0.3 is 19.5 Å². The maximum absolute atomic E-state index is 12.7. The van der Waals surface area contributed by atoms with Crippen LogP contribution in [-0.2, 0) is 11.3 Å². The number of ether oxygens (including phenoxy) is 3. The van der Waals surface area contributed by atoms with Gasteiger partial charge in [0.05, 0.1) is 25.9 Å². The highest BCUT2D eigenvalue weighted by Gasteiger charge is 2.18. The van der Waals surface area contributed by atoms with Crippen LogP contribution in [0.2, 0.25) is 0 Å². The molecule has 0 aliphatic carbocycles. The molecule has 0 spiro atoms. The van der Waals surface area contributed by atoms with E-state index in [4.69, 9.17) is 14.2 Å². The van der Waals surface area contributed by atoms with Gasteiger partial charge in [0.2, 0.25) is 0 Å². The van der Waals surface area contributed by atoms with Crippen molar-refractivity contribution in [1.82, 2.24) is 5.32 Å². The fourth-order valence-electron chi connectivity index (χ4n) is 3.01. The summed E-state index contributed by atoms with van der Waals surface area (Å²) in [6.07, 6.45) is 2.51. The number of carbonyl (C=O) groups is 1. The minimum absolute atomic E-state index is 0.0831. The van der Waals surface area contributed by atoms with Gasteiger partial charge in [0.15, 0.2) is 11.5 Å². The van der Waals surface area contributed by atoms with E-state index in [1.165, 1.54) is 0 Å². The predicted octanol–water partition coefficient (Wildman–Crippen LogP) is 3.90. The highest BCUT2D eigenvalue weighted by Crippen LogP contribution is 2.28. The van der Waals surface area contributed by atoms with Crippen molar-refractivity contribution in [3.05, 3.63) is 53.6 Å². The van der Waals surface area contributed by atoms with Gasteiger partial charge in [0, 0.05) is 23.8 Å². The van der Waals surface area contributed by atoms with Gasteiger partial charge in [-0.15, -0.1) is 11.8 Å². The van der Waals surface area contributed by atoms with Crippen LogP contribution in [0, 0.1) is 0 Å². The quantitative estimate of drug-likeness (QED) is 0.696. The van der Waals surface area contributed by atoms with Crippen molar-refractivity contribution in [2.45, 2.75) is 30.4 Å². The fourth-order valence-corrected chi connectivity index (χ4v) is 4.13. The third kappa shape index (κ3) is 5.17. The Balaban J connectivity index is 1.62. The lowest BCUT2D eigenvalue weighted by Crippen LogP contribution is -2.23. The first kappa shape index (κ1) is 19.6. The molecule has 1 atom stereocenters. The lowest BCUT2D eigenvalue weighted by molar-refractivity contribution is 0.0947. The standard InChI is InChI=1S/C21H25NO4S/c1-24-18-10-9-15(12-19(18)25-2)13-22-21(23)17-7-3-4-8-20(17)27-14-16-6-5-11-26-16/h3-4,7-10,12,16H,5-6,11,13-14H2,1-2H3,(H,22,23)/t16-/m0/s1. The van der Waals surface area contributed by atoms with Crippen LogP contribution >= 0.6 is 11.8 Å². The van der Waals surface area contributed by atoms with Gasteiger partial charge in [0.1, 0.15) is 0 Å². The second kappa shape index (κ2) is 9.67. The zero-order valence-corrected chi connectivity index (χ0v) is 16.5. The van der Waals surface area contributed by atoms with Crippen molar-refractivity contribution < 1.29 is 19.0 Å².